The van der Waals surface area contributed by atoms with Crippen LogP contribution in [0.15, 0.2) is 29.3 Å². The predicted octanol–water partition coefficient (Wildman–Crippen LogP) is 3.61. The van der Waals surface area contributed by atoms with Crippen molar-refractivity contribution >= 4 is 11.6 Å². The highest BCUT2D eigenvalue weighted by molar-refractivity contribution is 5.93. The molecule has 0 saturated heterocycles. The van der Waals surface area contributed by atoms with Crippen LogP contribution in [0, 0.1) is 0 Å². The van der Waals surface area contributed by atoms with Crippen molar-refractivity contribution in [3.63, 3.8) is 0 Å². The van der Waals surface area contributed by atoms with Crippen molar-refractivity contribution < 1.29 is 14.2 Å². The number of anilines is 1. The summed E-state index contributed by atoms with van der Waals surface area (Å²) in [5, 5.41) is 6.82. The molecule has 1 atom stereocenters. The molecule has 0 aliphatic heterocycles. The van der Waals surface area contributed by atoms with Crippen molar-refractivity contribution in [2.24, 2.45) is 4.99 Å². The molecule has 0 radical (unpaired) electrons. The molecule has 30 heavy (non-hydrogen) atoms. The van der Waals surface area contributed by atoms with Gasteiger partial charge in [-0.2, -0.15) is 0 Å². The number of ether oxygens (including phenoxy) is 3. The number of likely N-dealkylation sites (N-methyl/N-ethyl adjacent to an activating group) is 1. The van der Waals surface area contributed by atoms with Gasteiger partial charge in [0.15, 0.2) is 5.96 Å². The predicted molar refractivity (Wildman–Crippen MR) is 126 cm³/mol. The van der Waals surface area contributed by atoms with Gasteiger partial charge in [-0.3, -0.25) is 9.89 Å². The Morgan fingerprint density at radius 2 is 1.73 bits per heavy atom. The first-order valence-electron chi connectivity index (χ1n) is 11.1. The number of nitrogens with zero attached hydrogens (tertiary/aromatic N) is 2. The topological polar surface area (TPSA) is 67.4 Å². The molecule has 172 valence electrons. The molecule has 0 heterocycles. The first kappa shape index (κ1) is 26.2. The standard InChI is InChI=1S/C23H42N4O3/c1-7-27(8-2)20(5)18-25-23(24-14-9-15-29-17-16-28-6)26-21-10-12-22(13-11-21)30-19(3)4/h10-13,19-20H,7-9,14-18H2,1-6H3,(H2,24,25,26). The van der Waals surface area contributed by atoms with E-state index in [0.29, 0.717) is 25.9 Å². The molecule has 7 nitrogen and oxygen atoms in total. The highest BCUT2D eigenvalue weighted by Crippen LogP contribution is 2.16. The van der Waals surface area contributed by atoms with Crippen molar-refractivity contribution in [2.75, 3.05) is 58.4 Å². The average molecular weight is 423 g/mol. The van der Waals surface area contributed by atoms with Gasteiger partial charge in [0.2, 0.25) is 0 Å². The molecule has 0 saturated carbocycles. The average Bonchev–Trinajstić information content (AvgIpc) is 2.73. The fraction of sp³-hybridized carbons (Fsp3) is 0.696. The number of rotatable bonds is 15. The van der Waals surface area contributed by atoms with Gasteiger partial charge in [-0.15, -0.1) is 0 Å². The largest absolute Gasteiger partial charge is 0.491 e. The lowest BCUT2D eigenvalue weighted by atomic mass is 10.3. The van der Waals surface area contributed by atoms with Gasteiger partial charge < -0.3 is 24.8 Å². The molecule has 1 unspecified atom stereocenters. The Balaban J connectivity index is 2.65. The van der Waals surface area contributed by atoms with Crippen molar-refractivity contribution in [1.82, 2.24) is 10.2 Å². The molecule has 0 bridgehead atoms. The Morgan fingerprint density at radius 3 is 2.33 bits per heavy atom. The van der Waals surface area contributed by atoms with E-state index in [0.717, 1.165) is 50.0 Å². The maximum absolute atomic E-state index is 5.72. The van der Waals surface area contributed by atoms with Crippen molar-refractivity contribution in [1.29, 1.82) is 0 Å². The minimum Gasteiger partial charge on any atom is -0.491 e. The molecule has 0 amide bonds. The second-order valence-electron chi connectivity index (χ2n) is 7.46. The summed E-state index contributed by atoms with van der Waals surface area (Å²) < 4.78 is 16.2. The lowest BCUT2D eigenvalue weighted by molar-refractivity contribution is 0.0699. The van der Waals surface area contributed by atoms with E-state index in [2.05, 4.69) is 36.3 Å². The number of methoxy groups -OCH3 is 1. The third kappa shape index (κ3) is 11.4. The van der Waals surface area contributed by atoms with Gasteiger partial charge in [0.25, 0.3) is 0 Å². The minimum absolute atomic E-state index is 0.162. The van der Waals surface area contributed by atoms with Crippen molar-refractivity contribution in [3.8, 4) is 5.75 Å². The molecule has 0 spiro atoms. The van der Waals surface area contributed by atoms with Crippen LogP contribution in [0.25, 0.3) is 0 Å². The van der Waals surface area contributed by atoms with Crippen LogP contribution >= 0.6 is 0 Å². The van der Waals surface area contributed by atoms with Gasteiger partial charge in [0.05, 0.1) is 25.9 Å². The smallest absolute Gasteiger partial charge is 0.195 e. The summed E-state index contributed by atoms with van der Waals surface area (Å²) in [7, 11) is 1.68. The fourth-order valence-corrected chi connectivity index (χ4v) is 2.98. The molecule has 0 aliphatic carbocycles. The molecule has 7 heteroatoms. The highest BCUT2D eigenvalue weighted by Gasteiger charge is 2.10. The Morgan fingerprint density at radius 1 is 1.03 bits per heavy atom. The molecule has 0 aliphatic rings. The summed E-state index contributed by atoms with van der Waals surface area (Å²) >= 11 is 0. The van der Waals surface area contributed by atoms with Gasteiger partial charge in [0, 0.05) is 32.0 Å². The minimum atomic E-state index is 0.162. The van der Waals surface area contributed by atoms with Crippen molar-refractivity contribution in [2.45, 2.75) is 53.2 Å². The molecular weight excluding hydrogens is 380 g/mol. The maximum atomic E-state index is 5.72. The molecular formula is C23H42N4O3. The van der Waals surface area contributed by atoms with E-state index in [1.54, 1.807) is 7.11 Å². The van der Waals surface area contributed by atoms with E-state index in [1.165, 1.54) is 0 Å². The van der Waals surface area contributed by atoms with Gasteiger partial charge in [0.1, 0.15) is 5.75 Å². The lowest BCUT2D eigenvalue weighted by Gasteiger charge is -2.25. The number of hydrogen-bond donors (Lipinski definition) is 2. The Kier molecular flexibility index (Phi) is 13.9. The summed E-state index contributed by atoms with van der Waals surface area (Å²) in [6, 6.07) is 8.36. The Hall–Kier alpha value is -1.83. The second kappa shape index (κ2) is 15.9. The third-order valence-corrected chi connectivity index (χ3v) is 4.63. The quantitative estimate of drug-likeness (QED) is 0.256. The van der Waals surface area contributed by atoms with Gasteiger partial charge in [-0.1, -0.05) is 13.8 Å². The first-order chi connectivity index (χ1) is 14.5. The van der Waals surface area contributed by atoms with Gasteiger partial charge in [-0.05, 0) is 64.5 Å². The number of guanidine groups is 1. The monoisotopic (exact) mass is 422 g/mol. The van der Waals surface area contributed by atoms with Crippen LogP contribution < -0.4 is 15.4 Å². The summed E-state index contributed by atoms with van der Waals surface area (Å²) in [5.74, 6) is 1.65. The summed E-state index contributed by atoms with van der Waals surface area (Å²) in [6.07, 6.45) is 1.06. The van der Waals surface area contributed by atoms with E-state index in [-0.39, 0.29) is 6.10 Å². The van der Waals surface area contributed by atoms with Crippen LogP contribution in [0.5, 0.6) is 5.75 Å². The first-order valence-corrected chi connectivity index (χ1v) is 11.1. The van der Waals surface area contributed by atoms with E-state index in [9.17, 15) is 0 Å². The van der Waals surface area contributed by atoms with Crippen LogP contribution in [0.3, 0.4) is 0 Å². The van der Waals surface area contributed by atoms with Crippen molar-refractivity contribution in [3.05, 3.63) is 24.3 Å². The molecule has 0 fully saturated rings. The summed E-state index contributed by atoms with van der Waals surface area (Å²) in [6.45, 7) is 16.2. The fourth-order valence-electron chi connectivity index (χ4n) is 2.98. The molecule has 1 aromatic rings. The van der Waals surface area contributed by atoms with Crippen LogP contribution in [-0.4, -0.2) is 76.1 Å². The Labute approximate surface area is 183 Å². The molecule has 1 aromatic carbocycles. The Bertz CT molecular complexity index is 574. The third-order valence-electron chi connectivity index (χ3n) is 4.63. The van der Waals surface area contributed by atoms with E-state index in [4.69, 9.17) is 19.2 Å². The molecule has 1 rings (SSSR count). The molecule has 2 N–H and O–H groups in total. The van der Waals surface area contributed by atoms with E-state index in [1.807, 2.05) is 38.1 Å². The van der Waals surface area contributed by atoms with Crippen LogP contribution in [0.2, 0.25) is 0 Å². The highest BCUT2D eigenvalue weighted by atomic mass is 16.5. The summed E-state index contributed by atoms with van der Waals surface area (Å²) in [5.41, 5.74) is 0.976. The second-order valence-corrected chi connectivity index (χ2v) is 7.46. The number of nitrogens with one attached hydrogen (secondary N) is 2. The van der Waals surface area contributed by atoms with Gasteiger partial charge in [-0.25, -0.2) is 0 Å². The zero-order chi connectivity index (χ0) is 22.2. The van der Waals surface area contributed by atoms with Crippen LogP contribution in [0.4, 0.5) is 5.69 Å². The van der Waals surface area contributed by atoms with E-state index < -0.39 is 0 Å². The number of aliphatic imine (C=N–C) groups is 1. The summed E-state index contributed by atoms with van der Waals surface area (Å²) in [4.78, 5) is 7.22. The number of hydrogen-bond acceptors (Lipinski definition) is 5. The number of benzene rings is 1. The lowest BCUT2D eigenvalue weighted by Crippen LogP contribution is -2.37. The van der Waals surface area contributed by atoms with Gasteiger partial charge >= 0.3 is 0 Å². The molecule has 0 aromatic heterocycles. The SMILES string of the molecule is CCN(CC)C(C)CN=C(NCCCOCCOC)Nc1ccc(OC(C)C)cc1. The normalized spacial score (nSPS) is 13.0. The zero-order valence-electron chi connectivity index (χ0n) is 19.7. The zero-order valence-corrected chi connectivity index (χ0v) is 19.7. The van der Waals surface area contributed by atoms with Crippen LogP contribution in [0.1, 0.15) is 41.0 Å². The van der Waals surface area contributed by atoms with E-state index >= 15 is 0 Å². The maximum Gasteiger partial charge on any atom is 0.195 e. The van der Waals surface area contributed by atoms with Crippen LogP contribution in [-0.2, 0) is 9.47 Å².